The highest BCUT2D eigenvalue weighted by Crippen LogP contribution is 2.27. The molecule has 28 heavy (non-hydrogen) atoms. The Morgan fingerprint density at radius 1 is 1.14 bits per heavy atom. The molecule has 0 fully saturated rings. The lowest BCUT2D eigenvalue weighted by Crippen LogP contribution is -2.12. The molecule has 0 atom stereocenters. The fourth-order valence-corrected chi connectivity index (χ4v) is 3.17. The Balaban J connectivity index is 1.62. The molecule has 0 aliphatic heterocycles. The van der Waals surface area contributed by atoms with Crippen LogP contribution in [-0.2, 0) is 14.1 Å². The first-order chi connectivity index (χ1) is 13.4. The van der Waals surface area contributed by atoms with E-state index in [0.29, 0.717) is 28.5 Å². The van der Waals surface area contributed by atoms with Gasteiger partial charge in [0.25, 0.3) is 5.91 Å². The van der Waals surface area contributed by atoms with Crippen molar-refractivity contribution in [3.05, 3.63) is 53.7 Å². The average molecular weight is 376 g/mol. The molecule has 2 N–H and O–H groups in total. The van der Waals surface area contributed by atoms with Gasteiger partial charge in [0.15, 0.2) is 0 Å². The van der Waals surface area contributed by atoms with E-state index in [1.165, 1.54) is 0 Å². The van der Waals surface area contributed by atoms with Crippen molar-refractivity contribution in [2.75, 3.05) is 5.32 Å². The molecule has 0 unspecified atom stereocenters. The number of hydrogen-bond acceptors (Lipinski definition) is 5. The normalized spacial score (nSPS) is 11.0. The fourth-order valence-electron chi connectivity index (χ4n) is 3.17. The van der Waals surface area contributed by atoms with Gasteiger partial charge in [-0.05, 0) is 32.0 Å². The van der Waals surface area contributed by atoms with Crippen LogP contribution in [0.5, 0.6) is 0 Å². The van der Waals surface area contributed by atoms with Crippen LogP contribution in [0.2, 0.25) is 0 Å². The maximum Gasteiger partial charge on any atom is 0.273 e. The number of aryl methyl sites for hydroxylation is 3. The summed E-state index contributed by atoms with van der Waals surface area (Å²) in [5, 5.41) is 18.8. The molecular formula is C19H20N8O. The van der Waals surface area contributed by atoms with Gasteiger partial charge in [0.1, 0.15) is 11.4 Å². The average Bonchev–Trinajstić information content (AvgIpc) is 3.35. The van der Waals surface area contributed by atoms with Gasteiger partial charge >= 0.3 is 0 Å². The Morgan fingerprint density at radius 3 is 2.64 bits per heavy atom. The molecule has 142 valence electrons. The van der Waals surface area contributed by atoms with E-state index >= 15 is 0 Å². The minimum absolute atomic E-state index is 0.303. The van der Waals surface area contributed by atoms with E-state index < -0.39 is 0 Å². The molecule has 4 aromatic heterocycles. The first-order valence-corrected chi connectivity index (χ1v) is 8.76. The standard InChI is InChI=1S/C19H20N8O/c1-11-17(12(2)27(4)24-11)14-9-15(23-22-14)19(28)21-16-10-26(3)25-18(16)13-7-5-6-8-20-13/h5-10H,1-4H3,(H,21,28)(H,22,23). The Labute approximate surface area is 161 Å². The van der Waals surface area contributed by atoms with Crippen molar-refractivity contribution in [1.82, 2.24) is 34.7 Å². The molecule has 0 saturated heterocycles. The number of aromatic nitrogens is 7. The number of carbonyl (C=O) groups is 1. The predicted octanol–water partition coefficient (Wildman–Crippen LogP) is 2.47. The summed E-state index contributed by atoms with van der Waals surface area (Å²) in [7, 11) is 3.68. The molecule has 4 rings (SSSR count). The Kier molecular flexibility index (Phi) is 4.26. The minimum atomic E-state index is -0.303. The summed E-state index contributed by atoms with van der Waals surface area (Å²) in [6, 6.07) is 7.28. The highest BCUT2D eigenvalue weighted by molar-refractivity contribution is 6.05. The molecule has 4 heterocycles. The number of anilines is 1. The van der Waals surface area contributed by atoms with Crippen molar-refractivity contribution in [2.45, 2.75) is 13.8 Å². The summed E-state index contributed by atoms with van der Waals surface area (Å²) >= 11 is 0. The minimum Gasteiger partial charge on any atom is -0.317 e. The molecule has 0 aliphatic rings. The second-order valence-electron chi connectivity index (χ2n) is 6.57. The molecule has 4 aromatic rings. The van der Waals surface area contributed by atoms with Crippen LogP contribution in [0, 0.1) is 13.8 Å². The van der Waals surface area contributed by atoms with Crippen LogP contribution in [0.15, 0.2) is 36.7 Å². The lowest BCUT2D eigenvalue weighted by Gasteiger charge is -2.03. The van der Waals surface area contributed by atoms with Gasteiger partial charge in [-0.2, -0.15) is 15.3 Å². The van der Waals surface area contributed by atoms with Crippen molar-refractivity contribution in [1.29, 1.82) is 0 Å². The molecule has 0 radical (unpaired) electrons. The smallest absolute Gasteiger partial charge is 0.273 e. The molecule has 0 saturated carbocycles. The molecule has 0 aromatic carbocycles. The molecular weight excluding hydrogens is 356 g/mol. The van der Waals surface area contributed by atoms with Crippen molar-refractivity contribution in [2.24, 2.45) is 14.1 Å². The van der Waals surface area contributed by atoms with Gasteiger partial charge in [-0.3, -0.25) is 24.2 Å². The summed E-state index contributed by atoms with van der Waals surface area (Å²) in [4.78, 5) is 17.1. The highest BCUT2D eigenvalue weighted by atomic mass is 16.2. The van der Waals surface area contributed by atoms with E-state index in [4.69, 9.17) is 0 Å². The maximum absolute atomic E-state index is 12.8. The van der Waals surface area contributed by atoms with E-state index in [2.05, 4.69) is 30.7 Å². The van der Waals surface area contributed by atoms with Gasteiger partial charge in [-0.25, -0.2) is 0 Å². The number of H-pyrrole nitrogens is 1. The Morgan fingerprint density at radius 2 is 1.96 bits per heavy atom. The summed E-state index contributed by atoms with van der Waals surface area (Å²) in [5.41, 5.74) is 5.69. The highest BCUT2D eigenvalue weighted by Gasteiger charge is 2.19. The Bertz CT molecular complexity index is 1150. The van der Waals surface area contributed by atoms with Crippen molar-refractivity contribution in [3.8, 4) is 22.6 Å². The second kappa shape index (κ2) is 6.76. The number of amides is 1. The number of carbonyl (C=O) groups excluding carboxylic acids is 1. The number of rotatable bonds is 4. The number of pyridine rings is 1. The fraction of sp³-hybridized carbons (Fsp3) is 0.211. The number of nitrogens with one attached hydrogen (secondary N) is 2. The number of hydrogen-bond donors (Lipinski definition) is 2. The van der Waals surface area contributed by atoms with Crippen molar-refractivity contribution >= 4 is 11.6 Å². The number of aromatic amines is 1. The van der Waals surface area contributed by atoms with Crippen molar-refractivity contribution in [3.63, 3.8) is 0 Å². The molecule has 1 amide bonds. The zero-order valence-electron chi connectivity index (χ0n) is 16.1. The van der Waals surface area contributed by atoms with Crippen LogP contribution in [0.1, 0.15) is 21.9 Å². The summed E-state index contributed by atoms with van der Waals surface area (Å²) in [5.74, 6) is -0.303. The van der Waals surface area contributed by atoms with E-state index in [9.17, 15) is 4.79 Å². The Hall–Kier alpha value is -3.75. The monoisotopic (exact) mass is 376 g/mol. The van der Waals surface area contributed by atoms with E-state index in [1.807, 2.05) is 39.1 Å². The van der Waals surface area contributed by atoms with Gasteiger partial charge in [0.2, 0.25) is 0 Å². The van der Waals surface area contributed by atoms with E-state index in [0.717, 1.165) is 17.0 Å². The third-order valence-electron chi connectivity index (χ3n) is 4.57. The molecule has 0 aliphatic carbocycles. The summed E-state index contributed by atoms with van der Waals surface area (Å²) in [6.45, 7) is 3.89. The number of nitrogens with zero attached hydrogens (tertiary/aromatic N) is 6. The van der Waals surface area contributed by atoms with Crippen LogP contribution < -0.4 is 5.32 Å². The lowest BCUT2D eigenvalue weighted by molar-refractivity contribution is 0.102. The zero-order chi connectivity index (χ0) is 19.8. The predicted molar refractivity (Wildman–Crippen MR) is 105 cm³/mol. The van der Waals surface area contributed by atoms with Gasteiger partial charge in [0, 0.05) is 37.7 Å². The molecule has 9 nitrogen and oxygen atoms in total. The van der Waals surface area contributed by atoms with Crippen LogP contribution in [0.4, 0.5) is 5.69 Å². The van der Waals surface area contributed by atoms with Gasteiger partial charge in [-0.15, -0.1) is 0 Å². The first-order valence-electron chi connectivity index (χ1n) is 8.76. The molecule has 0 spiro atoms. The van der Waals surface area contributed by atoms with Gasteiger partial charge in [-0.1, -0.05) is 6.07 Å². The van der Waals surface area contributed by atoms with Gasteiger partial charge < -0.3 is 5.32 Å². The van der Waals surface area contributed by atoms with E-state index in [1.54, 1.807) is 34.9 Å². The van der Waals surface area contributed by atoms with E-state index in [-0.39, 0.29) is 5.91 Å². The molecule has 9 heteroatoms. The lowest BCUT2D eigenvalue weighted by atomic mass is 10.1. The third kappa shape index (κ3) is 3.07. The first kappa shape index (κ1) is 17.7. The second-order valence-corrected chi connectivity index (χ2v) is 6.57. The zero-order valence-corrected chi connectivity index (χ0v) is 16.1. The van der Waals surface area contributed by atoms with Gasteiger partial charge in [0.05, 0.1) is 22.8 Å². The summed E-state index contributed by atoms with van der Waals surface area (Å²) in [6.07, 6.45) is 3.43. The van der Waals surface area contributed by atoms with Crippen LogP contribution in [-0.4, -0.2) is 40.6 Å². The molecule has 0 bridgehead atoms. The van der Waals surface area contributed by atoms with Crippen LogP contribution in [0.25, 0.3) is 22.6 Å². The quantitative estimate of drug-likeness (QED) is 0.569. The topological polar surface area (TPSA) is 106 Å². The third-order valence-corrected chi connectivity index (χ3v) is 4.57. The maximum atomic E-state index is 12.8. The SMILES string of the molecule is Cc1nn(C)c(C)c1-c1cc(C(=O)Nc2cn(C)nc2-c2ccccn2)[nH]n1. The van der Waals surface area contributed by atoms with Crippen molar-refractivity contribution < 1.29 is 4.79 Å². The van der Waals surface area contributed by atoms with Crippen LogP contribution in [0.3, 0.4) is 0 Å². The largest absolute Gasteiger partial charge is 0.317 e. The summed E-state index contributed by atoms with van der Waals surface area (Å²) < 4.78 is 3.44. The van der Waals surface area contributed by atoms with Crippen LogP contribution >= 0.6 is 0 Å².